The number of nitrogens with one attached hydrogen (secondary N) is 1. The molecule has 5 nitrogen and oxygen atoms in total. The van der Waals surface area contributed by atoms with Gasteiger partial charge in [-0.2, -0.15) is 11.8 Å². The average Bonchev–Trinajstić information content (AvgIpc) is 2.99. The third-order valence-electron chi connectivity index (χ3n) is 2.67. The first-order valence-electron chi connectivity index (χ1n) is 5.58. The zero-order chi connectivity index (χ0) is 12.1. The molecule has 0 aliphatic carbocycles. The number of ether oxygens (including phenoxy) is 1. The van der Waals surface area contributed by atoms with Crippen LogP contribution in [0.2, 0.25) is 0 Å². The Labute approximate surface area is 104 Å². The molecule has 2 heterocycles. The molecule has 94 valence electrons. The van der Waals surface area contributed by atoms with Crippen LogP contribution in [0.1, 0.15) is 29.0 Å². The molecule has 1 aromatic heterocycles. The second-order valence-electron chi connectivity index (χ2n) is 3.90. The van der Waals surface area contributed by atoms with Crippen molar-refractivity contribution in [3.8, 4) is 0 Å². The summed E-state index contributed by atoms with van der Waals surface area (Å²) in [6, 6.07) is 1.80. The van der Waals surface area contributed by atoms with Crippen LogP contribution in [0.5, 0.6) is 0 Å². The monoisotopic (exact) mass is 256 g/mol. The quantitative estimate of drug-likeness (QED) is 0.471. The van der Waals surface area contributed by atoms with Gasteiger partial charge in [-0.1, -0.05) is 0 Å². The second-order valence-corrected chi connectivity index (χ2v) is 4.93. The maximum absolute atomic E-state index is 11.4. The normalized spacial score (nSPS) is 19.5. The highest BCUT2D eigenvalue weighted by atomic mass is 32.2. The third-order valence-corrected chi connectivity index (χ3v) is 3.79. The largest absolute Gasteiger partial charge is 0.459 e. The van der Waals surface area contributed by atoms with Gasteiger partial charge in [0.05, 0.1) is 12.4 Å². The van der Waals surface area contributed by atoms with Crippen LogP contribution in [-0.2, 0) is 10.5 Å². The highest BCUT2D eigenvalue weighted by molar-refractivity contribution is 7.98. The number of thioether (sulfide) groups is 1. The Kier molecular flexibility index (Phi) is 4.47. The van der Waals surface area contributed by atoms with Gasteiger partial charge in [-0.3, -0.25) is 10.2 Å². The summed E-state index contributed by atoms with van der Waals surface area (Å²) >= 11 is 1.74. The average molecular weight is 256 g/mol. The summed E-state index contributed by atoms with van der Waals surface area (Å²) in [5.74, 6) is 6.67. The maximum atomic E-state index is 11.4. The summed E-state index contributed by atoms with van der Waals surface area (Å²) in [4.78, 5) is 11.4. The minimum Gasteiger partial charge on any atom is -0.459 e. The topological polar surface area (TPSA) is 77.5 Å². The fraction of sp³-hybridized carbons (Fsp3) is 0.545. The van der Waals surface area contributed by atoms with E-state index in [1.807, 2.05) is 0 Å². The van der Waals surface area contributed by atoms with Gasteiger partial charge in [-0.15, -0.1) is 0 Å². The molecule has 6 heteroatoms. The number of carbonyl (C=O) groups is 1. The molecule has 1 atom stereocenters. The lowest BCUT2D eigenvalue weighted by Gasteiger charge is -2.08. The van der Waals surface area contributed by atoms with Crippen LogP contribution < -0.4 is 11.3 Å². The van der Waals surface area contributed by atoms with E-state index in [1.54, 1.807) is 17.8 Å². The van der Waals surface area contributed by atoms with E-state index in [9.17, 15) is 4.79 Å². The molecule has 0 bridgehead atoms. The van der Waals surface area contributed by atoms with E-state index in [-0.39, 0.29) is 5.91 Å². The number of hydrogen-bond donors (Lipinski definition) is 2. The predicted molar refractivity (Wildman–Crippen MR) is 65.5 cm³/mol. The molecule has 1 fully saturated rings. The van der Waals surface area contributed by atoms with Crippen LogP contribution >= 0.6 is 11.8 Å². The Morgan fingerprint density at radius 3 is 3.24 bits per heavy atom. The van der Waals surface area contributed by atoms with E-state index in [0.717, 1.165) is 36.5 Å². The molecule has 1 saturated heterocycles. The van der Waals surface area contributed by atoms with E-state index in [1.165, 1.54) is 6.26 Å². The zero-order valence-electron chi connectivity index (χ0n) is 9.48. The lowest BCUT2D eigenvalue weighted by atomic mass is 10.3. The summed E-state index contributed by atoms with van der Waals surface area (Å²) in [6.45, 7) is 0.873. The molecule has 17 heavy (non-hydrogen) atoms. The number of nitrogens with two attached hydrogens (primary N) is 1. The minimum atomic E-state index is -0.386. The van der Waals surface area contributed by atoms with Gasteiger partial charge in [-0.05, 0) is 18.9 Å². The van der Waals surface area contributed by atoms with Gasteiger partial charge in [-0.25, -0.2) is 5.84 Å². The SMILES string of the molecule is NNC(=O)c1occc1CSCC1CCCO1. The van der Waals surface area contributed by atoms with E-state index < -0.39 is 0 Å². The van der Waals surface area contributed by atoms with Gasteiger partial charge < -0.3 is 9.15 Å². The Bertz CT molecular complexity index is 375. The van der Waals surface area contributed by atoms with Crippen LogP contribution in [0.15, 0.2) is 16.7 Å². The van der Waals surface area contributed by atoms with Crippen LogP contribution in [0.4, 0.5) is 0 Å². The third kappa shape index (κ3) is 3.24. The summed E-state index contributed by atoms with van der Waals surface area (Å²) < 4.78 is 10.6. The number of hydrazine groups is 1. The molecule has 1 amide bonds. The van der Waals surface area contributed by atoms with E-state index >= 15 is 0 Å². The fourth-order valence-corrected chi connectivity index (χ4v) is 2.88. The smallest absolute Gasteiger partial charge is 0.301 e. The first kappa shape index (κ1) is 12.5. The van der Waals surface area contributed by atoms with E-state index in [2.05, 4.69) is 5.43 Å². The van der Waals surface area contributed by atoms with Crippen molar-refractivity contribution < 1.29 is 13.9 Å². The number of amides is 1. The maximum Gasteiger partial charge on any atom is 0.301 e. The van der Waals surface area contributed by atoms with Gasteiger partial charge in [0, 0.05) is 23.7 Å². The number of hydrogen-bond acceptors (Lipinski definition) is 5. The first-order chi connectivity index (χ1) is 8.31. The van der Waals surface area contributed by atoms with Crippen molar-refractivity contribution in [1.29, 1.82) is 0 Å². The van der Waals surface area contributed by atoms with Crippen LogP contribution in [0.25, 0.3) is 0 Å². The lowest BCUT2D eigenvalue weighted by molar-refractivity contribution is 0.0925. The summed E-state index contributed by atoms with van der Waals surface area (Å²) in [5, 5.41) is 0. The molecule has 1 aromatic rings. The number of nitrogen functional groups attached to an aromatic ring is 1. The molecule has 1 aliphatic rings. The zero-order valence-corrected chi connectivity index (χ0v) is 10.3. The molecule has 0 spiro atoms. The Morgan fingerprint density at radius 1 is 1.65 bits per heavy atom. The molecular weight excluding hydrogens is 240 g/mol. The molecule has 2 rings (SSSR count). The summed E-state index contributed by atoms with van der Waals surface area (Å²) in [7, 11) is 0. The Morgan fingerprint density at radius 2 is 2.53 bits per heavy atom. The van der Waals surface area contributed by atoms with E-state index in [4.69, 9.17) is 15.0 Å². The Balaban J connectivity index is 1.82. The Hall–Kier alpha value is -0.980. The van der Waals surface area contributed by atoms with Gasteiger partial charge >= 0.3 is 5.91 Å². The van der Waals surface area contributed by atoms with E-state index in [0.29, 0.717) is 11.9 Å². The molecule has 3 N–H and O–H groups in total. The first-order valence-corrected chi connectivity index (χ1v) is 6.73. The van der Waals surface area contributed by atoms with Crippen molar-refractivity contribution in [2.24, 2.45) is 5.84 Å². The summed E-state index contributed by atoms with van der Waals surface area (Å²) in [5.41, 5.74) is 2.94. The van der Waals surface area contributed by atoms with Crippen molar-refractivity contribution in [1.82, 2.24) is 5.43 Å². The van der Waals surface area contributed by atoms with Gasteiger partial charge in [0.25, 0.3) is 0 Å². The van der Waals surface area contributed by atoms with Crippen molar-refractivity contribution in [3.63, 3.8) is 0 Å². The van der Waals surface area contributed by atoms with Crippen LogP contribution in [-0.4, -0.2) is 24.4 Å². The summed E-state index contributed by atoms with van der Waals surface area (Å²) in [6.07, 6.45) is 4.15. The van der Waals surface area contributed by atoms with Crippen LogP contribution in [0, 0.1) is 0 Å². The second kappa shape index (κ2) is 6.09. The minimum absolute atomic E-state index is 0.298. The molecule has 0 aromatic carbocycles. The van der Waals surface area contributed by atoms with Crippen molar-refractivity contribution >= 4 is 17.7 Å². The molecule has 0 radical (unpaired) electrons. The molecule has 1 unspecified atom stereocenters. The van der Waals surface area contributed by atoms with Gasteiger partial charge in [0.15, 0.2) is 5.76 Å². The number of furan rings is 1. The van der Waals surface area contributed by atoms with Gasteiger partial charge in [0.2, 0.25) is 0 Å². The van der Waals surface area contributed by atoms with Crippen molar-refractivity contribution in [2.45, 2.75) is 24.7 Å². The number of rotatable bonds is 5. The van der Waals surface area contributed by atoms with Gasteiger partial charge in [0.1, 0.15) is 0 Å². The number of carbonyl (C=O) groups excluding carboxylic acids is 1. The molecule has 1 aliphatic heterocycles. The van der Waals surface area contributed by atoms with Crippen LogP contribution in [0.3, 0.4) is 0 Å². The van der Waals surface area contributed by atoms with Crippen molar-refractivity contribution in [2.75, 3.05) is 12.4 Å². The highest BCUT2D eigenvalue weighted by Gasteiger charge is 2.17. The molecular formula is C11H16N2O3S. The highest BCUT2D eigenvalue weighted by Crippen LogP contribution is 2.22. The van der Waals surface area contributed by atoms with Crippen molar-refractivity contribution in [3.05, 3.63) is 23.7 Å². The fourth-order valence-electron chi connectivity index (χ4n) is 1.79. The standard InChI is InChI=1S/C11H16N2O3S/c12-13-11(14)10-8(3-5-16-10)6-17-7-9-2-1-4-15-9/h3,5,9H,1-2,4,6-7,12H2,(H,13,14). The predicted octanol–water partition coefficient (Wildman–Crippen LogP) is 1.30. The molecule has 0 saturated carbocycles. The lowest BCUT2D eigenvalue weighted by Crippen LogP contribution is -2.30.